The third-order valence-electron chi connectivity index (χ3n) is 3.21. The predicted molar refractivity (Wildman–Crippen MR) is 79.5 cm³/mol. The Hall–Kier alpha value is -1.88. The van der Waals surface area contributed by atoms with Crippen LogP contribution < -0.4 is 16.0 Å². The monoisotopic (exact) mass is 275 g/mol. The van der Waals surface area contributed by atoms with E-state index in [-0.39, 0.29) is 17.9 Å². The highest BCUT2D eigenvalue weighted by molar-refractivity contribution is 5.96. The molecule has 2 amide bonds. The fourth-order valence-electron chi connectivity index (χ4n) is 2.29. The summed E-state index contributed by atoms with van der Waals surface area (Å²) >= 11 is 0. The second-order valence-electron chi connectivity index (χ2n) is 5.66. The minimum Gasteiger partial charge on any atom is -0.326 e. The normalized spacial score (nSPS) is 18.7. The maximum atomic E-state index is 11.7. The number of benzene rings is 1. The summed E-state index contributed by atoms with van der Waals surface area (Å²) in [6, 6.07) is 7.20. The van der Waals surface area contributed by atoms with E-state index in [9.17, 15) is 9.59 Å². The minimum atomic E-state index is -0.0899. The van der Waals surface area contributed by atoms with Crippen LogP contribution >= 0.6 is 0 Å². The molecule has 1 aliphatic rings. The van der Waals surface area contributed by atoms with Crippen molar-refractivity contribution in [3.63, 3.8) is 0 Å². The number of nitrogens with two attached hydrogens (primary N) is 1. The van der Waals surface area contributed by atoms with Gasteiger partial charge in [-0.25, -0.2) is 0 Å². The Bertz CT molecular complexity index is 496. The highest BCUT2D eigenvalue weighted by Gasteiger charge is 2.27. The lowest BCUT2D eigenvalue weighted by atomic mass is 10.1. The van der Waals surface area contributed by atoms with Gasteiger partial charge in [0.15, 0.2) is 0 Å². The predicted octanol–water partition coefficient (Wildman–Crippen LogP) is 1.74. The van der Waals surface area contributed by atoms with Crippen LogP contribution in [-0.4, -0.2) is 24.4 Å². The van der Waals surface area contributed by atoms with Crippen LogP contribution in [0.3, 0.4) is 0 Å². The first-order chi connectivity index (χ1) is 9.45. The third-order valence-corrected chi connectivity index (χ3v) is 3.21. The number of carbonyl (C=O) groups excluding carboxylic acids is 2. The summed E-state index contributed by atoms with van der Waals surface area (Å²) in [7, 11) is 0. The fourth-order valence-corrected chi connectivity index (χ4v) is 2.29. The number of amides is 2. The first-order valence-corrected chi connectivity index (χ1v) is 6.91. The molecule has 2 rings (SSSR count). The van der Waals surface area contributed by atoms with Crippen molar-refractivity contribution in [1.82, 2.24) is 0 Å². The van der Waals surface area contributed by atoms with Crippen molar-refractivity contribution in [2.24, 2.45) is 11.7 Å². The van der Waals surface area contributed by atoms with E-state index in [0.717, 1.165) is 11.4 Å². The second kappa shape index (κ2) is 6.05. The summed E-state index contributed by atoms with van der Waals surface area (Å²) < 4.78 is 0. The van der Waals surface area contributed by atoms with E-state index in [2.05, 4.69) is 5.32 Å². The van der Waals surface area contributed by atoms with E-state index < -0.39 is 0 Å². The van der Waals surface area contributed by atoms with E-state index in [1.54, 1.807) is 4.90 Å². The molecule has 1 aromatic carbocycles. The molecule has 1 saturated heterocycles. The van der Waals surface area contributed by atoms with Crippen LogP contribution in [0.15, 0.2) is 24.3 Å². The first kappa shape index (κ1) is 14.5. The molecule has 5 heteroatoms. The van der Waals surface area contributed by atoms with Gasteiger partial charge >= 0.3 is 0 Å². The molecule has 5 nitrogen and oxygen atoms in total. The Morgan fingerprint density at radius 3 is 2.55 bits per heavy atom. The molecule has 1 atom stereocenters. The van der Waals surface area contributed by atoms with Crippen LogP contribution in [0, 0.1) is 5.92 Å². The highest BCUT2D eigenvalue weighted by atomic mass is 16.2. The molecule has 1 aliphatic heterocycles. The summed E-state index contributed by atoms with van der Waals surface area (Å²) in [5, 5.41) is 2.84. The van der Waals surface area contributed by atoms with Crippen molar-refractivity contribution in [2.75, 3.05) is 16.8 Å². The number of nitrogens with zero attached hydrogens (tertiary/aromatic N) is 1. The molecule has 108 valence electrons. The average molecular weight is 275 g/mol. The second-order valence-corrected chi connectivity index (χ2v) is 5.66. The molecule has 0 radical (unpaired) electrons. The van der Waals surface area contributed by atoms with Crippen molar-refractivity contribution in [2.45, 2.75) is 32.7 Å². The minimum absolute atomic E-state index is 0.00650. The van der Waals surface area contributed by atoms with Gasteiger partial charge in [-0.1, -0.05) is 13.8 Å². The molecule has 20 heavy (non-hydrogen) atoms. The maximum Gasteiger partial charge on any atom is 0.228 e. The zero-order chi connectivity index (χ0) is 14.7. The quantitative estimate of drug-likeness (QED) is 0.878. The van der Waals surface area contributed by atoms with Crippen molar-refractivity contribution >= 4 is 23.2 Å². The van der Waals surface area contributed by atoms with Gasteiger partial charge in [0.25, 0.3) is 0 Å². The van der Waals surface area contributed by atoms with Crippen LogP contribution in [0.25, 0.3) is 0 Å². The number of carbonyl (C=O) groups is 2. The molecule has 0 aromatic heterocycles. The fraction of sp³-hybridized carbons (Fsp3) is 0.467. The van der Waals surface area contributed by atoms with Gasteiger partial charge in [-0.2, -0.15) is 0 Å². The molecular weight excluding hydrogens is 254 g/mol. The van der Waals surface area contributed by atoms with Crippen molar-refractivity contribution in [3.05, 3.63) is 24.3 Å². The molecule has 1 heterocycles. The Morgan fingerprint density at radius 1 is 1.40 bits per heavy atom. The molecule has 0 bridgehead atoms. The van der Waals surface area contributed by atoms with Crippen molar-refractivity contribution < 1.29 is 9.59 Å². The van der Waals surface area contributed by atoms with Gasteiger partial charge < -0.3 is 16.0 Å². The molecule has 0 saturated carbocycles. The molecular formula is C15H21N3O2. The number of anilines is 2. The molecule has 0 aliphatic carbocycles. The van der Waals surface area contributed by atoms with Crippen LogP contribution in [0.5, 0.6) is 0 Å². The van der Waals surface area contributed by atoms with Crippen molar-refractivity contribution in [1.29, 1.82) is 0 Å². The lowest BCUT2D eigenvalue weighted by Gasteiger charge is -2.16. The van der Waals surface area contributed by atoms with Crippen LogP contribution in [-0.2, 0) is 9.59 Å². The van der Waals surface area contributed by atoms with Gasteiger partial charge in [0.1, 0.15) is 0 Å². The third kappa shape index (κ3) is 3.57. The molecule has 1 aromatic rings. The lowest BCUT2D eigenvalue weighted by Crippen LogP contribution is -2.27. The molecule has 3 N–H and O–H groups in total. The maximum absolute atomic E-state index is 11.7. The van der Waals surface area contributed by atoms with Crippen molar-refractivity contribution in [3.8, 4) is 0 Å². The molecule has 1 fully saturated rings. The molecule has 1 unspecified atom stereocenters. The summed E-state index contributed by atoms with van der Waals surface area (Å²) in [6.07, 6.45) is 0.897. The number of hydrogen-bond acceptors (Lipinski definition) is 3. The largest absolute Gasteiger partial charge is 0.326 e. The average Bonchev–Trinajstić information content (AvgIpc) is 2.68. The Morgan fingerprint density at radius 2 is 2.05 bits per heavy atom. The summed E-state index contributed by atoms with van der Waals surface area (Å²) in [6.45, 7) is 4.56. The summed E-state index contributed by atoms with van der Waals surface area (Å²) in [5.74, 6) is 0.388. The zero-order valence-electron chi connectivity index (χ0n) is 11.9. The Kier molecular flexibility index (Phi) is 4.39. The smallest absolute Gasteiger partial charge is 0.228 e. The standard InChI is InChI=1S/C15H21N3O2/c1-10(2)7-14(19)17-12-3-5-13(6-4-12)18-9-11(16)8-15(18)20/h3-6,10-11H,7-9,16H2,1-2H3,(H,17,19). The molecule has 0 spiro atoms. The van der Waals surface area contributed by atoms with Gasteiger partial charge in [0.05, 0.1) is 0 Å². The van der Waals surface area contributed by atoms with Gasteiger partial charge in [-0.3, -0.25) is 9.59 Å². The van der Waals surface area contributed by atoms with Gasteiger partial charge in [0, 0.05) is 36.8 Å². The Labute approximate surface area is 119 Å². The van der Waals surface area contributed by atoms with Crippen LogP contribution in [0.4, 0.5) is 11.4 Å². The van der Waals surface area contributed by atoms with Gasteiger partial charge in [-0.05, 0) is 30.2 Å². The van der Waals surface area contributed by atoms with E-state index >= 15 is 0 Å². The van der Waals surface area contributed by atoms with E-state index in [4.69, 9.17) is 5.73 Å². The topological polar surface area (TPSA) is 75.4 Å². The van der Waals surface area contributed by atoms with Gasteiger partial charge in [-0.15, -0.1) is 0 Å². The number of nitrogens with one attached hydrogen (secondary N) is 1. The van der Waals surface area contributed by atoms with E-state index in [0.29, 0.717) is 25.3 Å². The van der Waals surface area contributed by atoms with E-state index in [1.165, 1.54) is 0 Å². The number of hydrogen-bond donors (Lipinski definition) is 2. The Balaban J connectivity index is 2.00. The summed E-state index contributed by atoms with van der Waals surface area (Å²) in [5.41, 5.74) is 7.35. The summed E-state index contributed by atoms with van der Waals surface area (Å²) in [4.78, 5) is 25.1. The number of rotatable bonds is 4. The van der Waals surface area contributed by atoms with Crippen LogP contribution in [0.2, 0.25) is 0 Å². The SMILES string of the molecule is CC(C)CC(=O)Nc1ccc(N2CC(N)CC2=O)cc1. The van der Waals surface area contributed by atoms with Gasteiger partial charge in [0.2, 0.25) is 11.8 Å². The highest BCUT2D eigenvalue weighted by Crippen LogP contribution is 2.22. The first-order valence-electron chi connectivity index (χ1n) is 6.91. The lowest BCUT2D eigenvalue weighted by molar-refractivity contribution is -0.117. The van der Waals surface area contributed by atoms with Crippen LogP contribution in [0.1, 0.15) is 26.7 Å². The van der Waals surface area contributed by atoms with E-state index in [1.807, 2.05) is 38.1 Å². The zero-order valence-corrected chi connectivity index (χ0v) is 11.9.